The first kappa shape index (κ1) is 32.8. The van der Waals surface area contributed by atoms with E-state index in [4.69, 9.17) is 0 Å². The molecule has 3 atom stereocenters. The van der Waals surface area contributed by atoms with Crippen molar-refractivity contribution in [2.45, 2.75) is 63.5 Å². The van der Waals surface area contributed by atoms with Crippen LogP contribution in [0.25, 0.3) is 78.0 Å². The van der Waals surface area contributed by atoms with Crippen molar-refractivity contribution in [1.29, 1.82) is 0 Å². The maximum atomic E-state index is 2.63. The molecule has 0 saturated heterocycles. The van der Waals surface area contributed by atoms with E-state index in [0.717, 1.165) is 38.5 Å². The van der Waals surface area contributed by atoms with Gasteiger partial charge in [-0.1, -0.05) is 147 Å². The fourth-order valence-corrected chi connectivity index (χ4v) is 12.5. The topological polar surface area (TPSA) is 0 Å². The molecular weight excluding hydrogens is 693 g/mol. The maximum Gasteiger partial charge on any atom is 0.0378 e. The summed E-state index contributed by atoms with van der Waals surface area (Å²) in [4.78, 5) is 1.49. The fourth-order valence-electron chi connectivity index (χ4n) is 11.2. The molecule has 0 nitrogen and oxygen atoms in total. The highest BCUT2D eigenvalue weighted by Crippen LogP contribution is 2.53. The number of thioether (sulfide) groups is 1. The molecule has 270 valence electrons. The monoisotopic (exact) mass is 736 g/mol. The molecule has 0 radical (unpaired) electrons. The van der Waals surface area contributed by atoms with E-state index < -0.39 is 0 Å². The second-order valence-corrected chi connectivity index (χ2v) is 17.8. The molecule has 0 amide bonds. The van der Waals surface area contributed by atoms with Crippen molar-refractivity contribution in [3.8, 4) is 11.1 Å². The second kappa shape index (κ2) is 12.6. The van der Waals surface area contributed by atoms with Gasteiger partial charge in [0.15, 0.2) is 0 Å². The van der Waals surface area contributed by atoms with Crippen molar-refractivity contribution in [3.05, 3.63) is 176 Å². The van der Waals surface area contributed by atoms with Gasteiger partial charge in [-0.2, -0.15) is 0 Å². The third kappa shape index (κ3) is 4.74. The Morgan fingerprint density at radius 2 is 1.52 bits per heavy atom. The Bertz CT molecular complexity index is 3140. The van der Waals surface area contributed by atoms with Crippen LogP contribution >= 0.6 is 11.8 Å². The third-order valence-corrected chi connectivity index (χ3v) is 15.2. The zero-order valence-corrected chi connectivity index (χ0v) is 33.0. The number of allylic oxidation sites excluding steroid dienone is 7. The van der Waals surface area contributed by atoms with Crippen LogP contribution in [0.2, 0.25) is 0 Å². The van der Waals surface area contributed by atoms with Gasteiger partial charge >= 0.3 is 0 Å². The largest absolute Gasteiger partial charge is 0.118 e. The predicted molar refractivity (Wildman–Crippen MR) is 244 cm³/mol. The zero-order chi connectivity index (χ0) is 37.1. The third-order valence-electron chi connectivity index (χ3n) is 13.8. The van der Waals surface area contributed by atoms with Gasteiger partial charge in [-0.25, -0.2) is 0 Å². The first-order valence-electron chi connectivity index (χ1n) is 20.9. The van der Waals surface area contributed by atoms with Crippen LogP contribution in [0.1, 0.15) is 72.4 Å². The summed E-state index contributed by atoms with van der Waals surface area (Å²) >= 11 is 2.07. The van der Waals surface area contributed by atoms with E-state index in [-0.39, 0.29) is 0 Å². The lowest BCUT2D eigenvalue weighted by atomic mass is 9.77. The molecular formula is C55H44S. The number of benzene rings is 7. The lowest BCUT2D eigenvalue weighted by Crippen LogP contribution is -2.16. The Morgan fingerprint density at radius 1 is 0.696 bits per heavy atom. The van der Waals surface area contributed by atoms with Gasteiger partial charge in [-0.3, -0.25) is 0 Å². The summed E-state index contributed by atoms with van der Waals surface area (Å²) in [7, 11) is 0. The Kier molecular flexibility index (Phi) is 7.37. The molecule has 0 N–H and O–H groups in total. The van der Waals surface area contributed by atoms with Crippen LogP contribution in [-0.2, 0) is 19.3 Å². The predicted octanol–water partition coefficient (Wildman–Crippen LogP) is 13.1. The van der Waals surface area contributed by atoms with Gasteiger partial charge in [-0.05, 0) is 155 Å². The van der Waals surface area contributed by atoms with E-state index in [2.05, 4.69) is 165 Å². The van der Waals surface area contributed by atoms with Crippen LogP contribution in [0.15, 0.2) is 132 Å². The van der Waals surface area contributed by atoms with Crippen LogP contribution in [0.5, 0.6) is 0 Å². The normalized spacial score (nSPS) is 21.3. The molecule has 0 aromatic heterocycles. The summed E-state index contributed by atoms with van der Waals surface area (Å²) in [6.07, 6.45) is 28.6. The molecule has 0 saturated carbocycles. The lowest BCUT2D eigenvalue weighted by molar-refractivity contribution is 0.699. The molecule has 0 bridgehead atoms. The molecule has 4 aliphatic carbocycles. The SMILES string of the molecule is C/C=c1/ccc2c(C3C=CC4=C(C3)C3C=C(c5ccc(-c6ccc7ccc8c9c(ccc6c79)=CCC8)c6c5C=CCC6)C=CC3S4)ccc3ccc(CC)c1c32. The molecule has 3 unspecified atom stereocenters. The Balaban J connectivity index is 0.927. The van der Waals surface area contributed by atoms with E-state index in [9.17, 15) is 0 Å². The van der Waals surface area contributed by atoms with Crippen LogP contribution in [0, 0.1) is 5.92 Å². The average Bonchev–Trinajstić information content (AvgIpc) is 3.63. The molecule has 56 heavy (non-hydrogen) atoms. The summed E-state index contributed by atoms with van der Waals surface area (Å²) in [5.74, 6) is 0.785. The highest BCUT2D eigenvalue weighted by atomic mass is 32.2. The van der Waals surface area contributed by atoms with Crippen molar-refractivity contribution in [2.24, 2.45) is 5.92 Å². The summed E-state index contributed by atoms with van der Waals surface area (Å²) < 4.78 is 0. The first-order chi connectivity index (χ1) is 27.7. The van der Waals surface area contributed by atoms with E-state index >= 15 is 0 Å². The Morgan fingerprint density at radius 3 is 2.43 bits per heavy atom. The lowest BCUT2D eigenvalue weighted by Gasteiger charge is -2.27. The van der Waals surface area contributed by atoms with E-state index in [1.54, 1.807) is 5.57 Å². The Hall–Kier alpha value is -5.37. The highest BCUT2D eigenvalue weighted by molar-refractivity contribution is 8.04. The molecule has 0 fully saturated rings. The van der Waals surface area contributed by atoms with Crippen molar-refractivity contribution < 1.29 is 0 Å². The van der Waals surface area contributed by atoms with Gasteiger partial charge in [0, 0.05) is 22.0 Å². The number of rotatable bonds is 4. The molecule has 12 rings (SSSR count). The first-order valence-corrected chi connectivity index (χ1v) is 21.8. The summed E-state index contributed by atoms with van der Waals surface area (Å²) in [5.41, 5.74) is 14.5. The van der Waals surface area contributed by atoms with Crippen LogP contribution in [0.3, 0.4) is 0 Å². The van der Waals surface area contributed by atoms with Crippen molar-refractivity contribution in [2.75, 3.05) is 0 Å². The maximum absolute atomic E-state index is 2.63. The molecule has 5 aliphatic rings. The summed E-state index contributed by atoms with van der Waals surface area (Å²) in [5, 5.41) is 14.6. The van der Waals surface area contributed by atoms with Crippen molar-refractivity contribution in [3.63, 3.8) is 0 Å². The minimum Gasteiger partial charge on any atom is -0.118 e. The van der Waals surface area contributed by atoms with Gasteiger partial charge in [0.2, 0.25) is 0 Å². The standard InChI is InChI=1S/C55H44S/c1-3-32-12-13-36-17-22-41(46-24-16-33(4-2)52(32)54(36)46)39-21-29-51-49(31-39)48-30-38(20-28-50(48)56-51)40-26-27-44(43-11-6-5-10-42(40)43)45-23-18-37-15-14-34-8-7-9-35-19-25-47(45)55(37)53(34)35/h4-5,9-10,12-30,39,48,50H,3,6-8,11,31H2,1-2H3/b33-4-. The summed E-state index contributed by atoms with van der Waals surface area (Å²) in [6.45, 7) is 4.46. The fraction of sp³-hybridized carbons (Fsp3) is 0.200. The number of aryl methyl sites for hydroxylation is 2. The second-order valence-electron chi connectivity index (χ2n) is 16.6. The number of hydrogen-bond acceptors (Lipinski definition) is 1. The molecule has 1 heteroatoms. The smallest absolute Gasteiger partial charge is 0.0378 e. The molecule has 7 aromatic carbocycles. The van der Waals surface area contributed by atoms with E-state index in [1.165, 1.54) is 109 Å². The van der Waals surface area contributed by atoms with Gasteiger partial charge in [0.05, 0.1) is 0 Å². The van der Waals surface area contributed by atoms with E-state index in [1.807, 2.05) is 0 Å². The van der Waals surface area contributed by atoms with Crippen molar-refractivity contribution >= 4 is 78.7 Å². The van der Waals surface area contributed by atoms with Gasteiger partial charge in [0.25, 0.3) is 0 Å². The molecule has 7 aromatic rings. The van der Waals surface area contributed by atoms with Gasteiger partial charge in [0.1, 0.15) is 0 Å². The number of hydrogen-bond donors (Lipinski definition) is 0. The highest BCUT2D eigenvalue weighted by Gasteiger charge is 2.37. The van der Waals surface area contributed by atoms with Crippen LogP contribution in [0.4, 0.5) is 0 Å². The van der Waals surface area contributed by atoms with Crippen LogP contribution < -0.4 is 10.4 Å². The summed E-state index contributed by atoms with van der Waals surface area (Å²) in [6, 6.07) is 33.3. The van der Waals surface area contributed by atoms with E-state index in [0.29, 0.717) is 17.1 Å². The minimum absolute atomic E-state index is 0.370. The quantitative estimate of drug-likeness (QED) is 0.173. The Labute approximate surface area is 333 Å². The molecule has 1 aliphatic heterocycles. The zero-order valence-electron chi connectivity index (χ0n) is 32.2. The number of fused-ring (bicyclic) bond motifs is 3. The van der Waals surface area contributed by atoms with Gasteiger partial charge in [-0.15, -0.1) is 11.8 Å². The van der Waals surface area contributed by atoms with Gasteiger partial charge < -0.3 is 0 Å². The minimum atomic E-state index is 0.370. The van der Waals surface area contributed by atoms with Crippen LogP contribution in [-0.4, -0.2) is 5.25 Å². The average molecular weight is 737 g/mol. The molecule has 0 spiro atoms. The molecule has 1 heterocycles. The van der Waals surface area contributed by atoms with Crippen molar-refractivity contribution in [1.82, 2.24) is 0 Å².